The number of ether oxygens (including phenoxy) is 1. The van der Waals surface area contributed by atoms with Crippen molar-refractivity contribution in [2.45, 2.75) is 37.5 Å². The number of carboxylic acid groups (broad SMARTS) is 1. The highest BCUT2D eigenvalue weighted by molar-refractivity contribution is 7.89. The lowest BCUT2D eigenvalue weighted by atomic mass is 10.2. The molecule has 1 rings (SSSR count). The van der Waals surface area contributed by atoms with Gasteiger partial charge in [-0.15, -0.1) is 0 Å². The Hall–Kier alpha value is -0.660. The molecule has 100 valence electrons. The van der Waals surface area contributed by atoms with E-state index in [4.69, 9.17) is 9.84 Å². The summed E-state index contributed by atoms with van der Waals surface area (Å²) >= 11 is 0. The summed E-state index contributed by atoms with van der Waals surface area (Å²) in [7, 11) is -2.21. The largest absolute Gasteiger partial charge is 0.480 e. The predicted octanol–water partition coefficient (Wildman–Crippen LogP) is 0.290. The average molecular weight is 265 g/mol. The molecule has 0 saturated carbocycles. The van der Waals surface area contributed by atoms with Crippen LogP contribution in [0.4, 0.5) is 0 Å². The first-order chi connectivity index (χ1) is 7.91. The van der Waals surface area contributed by atoms with Gasteiger partial charge in [0.1, 0.15) is 6.04 Å². The summed E-state index contributed by atoms with van der Waals surface area (Å²) < 4.78 is 30.5. The van der Waals surface area contributed by atoms with Crippen LogP contribution in [0, 0.1) is 0 Å². The summed E-state index contributed by atoms with van der Waals surface area (Å²) in [6.45, 7) is 2.50. The van der Waals surface area contributed by atoms with Crippen LogP contribution in [0.1, 0.15) is 26.2 Å². The molecule has 1 saturated heterocycles. The van der Waals surface area contributed by atoms with E-state index in [1.54, 1.807) is 6.92 Å². The monoisotopic (exact) mass is 265 g/mol. The predicted molar refractivity (Wildman–Crippen MR) is 62.2 cm³/mol. The molecule has 1 unspecified atom stereocenters. The van der Waals surface area contributed by atoms with Crippen molar-refractivity contribution in [1.29, 1.82) is 0 Å². The van der Waals surface area contributed by atoms with Crippen molar-refractivity contribution < 1.29 is 23.1 Å². The molecule has 0 aromatic carbocycles. The van der Waals surface area contributed by atoms with Crippen LogP contribution >= 0.6 is 0 Å². The fourth-order valence-electron chi connectivity index (χ4n) is 1.97. The minimum Gasteiger partial charge on any atom is -0.480 e. The standard InChI is InChI=1S/C10H19NO5S/c1-3-9(10(12)13)11(2)17(14,15)8-4-6-16-7-5-8/h8-9H,3-7H2,1-2H3,(H,12,13). The molecule has 17 heavy (non-hydrogen) atoms. The molecule has 0 amide bonds. The molecule has 0 bridgehead atoms. The van der Waals surface area contributed by atoms with Gasteiger partial charge in [-0.2, -0.15) is 4.31 Å². The Morgan fingerprint density at radius 3 is 2.41 bits per heavy atom. The number of carbonyl (C=O) groups is 1. The van der Waals surface area contributed by atoms with Crippen LogP contribution in [-0.2, 0) is 19.6 Å². The van der Waals surface area contributed by atoms with Gasteiger partial charge in [-0.25, -0.2) is 8.42 Å². The summed E-state index contributed by atoms with van der Waals surface area (Å²) in [6, 6.07) is -0.983. The molecule has 0 aromatic rings. The van der Waals surface area contributed by atoms with Crippen molar-refractivity contribution in [3.8, 4) is 0 Å². The van der Waals surface area contributed by atoms with E-state index in [0.717, 1.165) is 4.31 Å². The minimum atomic E-state index is -3.55. The van der Waals surface area contributed by atoms with Gasteiger partial charge in [0.05, 0.1) is 5.25 Å². The molecular weight excluding hydrogens is 246 g/mol. The molecule has 1 aliphatic rings. The van der Waals surface area contributed by atoms with Gasteiger partial charge in [0.15, 0.2) is 0 Å². The maximum absolute atomic E-state index is 12.2. The third kappa shape index (κ3) is 3.17. The fourth-order valence-corrected chi connectivity index (χ4v) is 3.83. The number of hydrogen-bond acceptors (Lipinski definition) is 4. The SMILES string of the molecule is CCC(C(=O)O)N(C)S(=O)(=O)C1CCOCC1. The van der Waals surface area contributed by atoms with Gasteiger partial charge >= 0.3 is 5.97 Å². The third-order valence-electron chi connectivity index (χ3n) is 3.10. The van der Waals surface area contributed by atoms with Gasteiger partial charge in [0.2, 0.25) is 10.0 Å². The van der Waals surface area contributed by atoms with Crippen LogP contribution in [0.5, 0.6) is 0 Å². The molecule has 6 nitrogen and oxygen atoms in total. The Balaban J connectivity index is 2.84. The Morgan fingerprint density at radius 1 is 1.47 bits per heavy atom. The second-order valence-electron chi connectivity index (χ2n) is 4.14. The Bertz CT molecular complexity index is 361. The number of hydrogen-bond donors (Lipinski definition) is 1. The average Bonchev–Trinajstić information content (AvgIpc) is 2.30. The van der Waals surface area contributed by atoms with Gasteiger partial charge in [-0.05, 0) is 19.3 Å². The highest BCUT2D eigenvalue weighted by Crippen LogP contribution is 2.21. The van der Waals surface area contributed by atoms with Crippen LogP contribution in [0.15, 0.2) is 0 Å². The van der Waals surface area contributed by atoms with Crippen LogP contribution in [0.25, 0.3) is 0 Å². The molecule has 0 radical (unpaired) electrons. The molecule has 7 heteroatoms. The zero-order chi connectivity index (χ0) is 13.1. The molecule has 0 aliphatic carbocycles. The number of carboxylic acids is 1. The topological polar surface area (TPSA) is 83.9 Å². The first-order valence-electron chi connectivity index (χ1n) is 5.68. The smallest absolute Gasteiger partial charge is 0.321 e. The molecule has 1 heterocycles. The third-order valence-corrected chi connectivity index (χ3v) is 5.47. The maximum atomic E-state index is 12.2. The van der Waals surface area contributed by atoms with E-state index in [1.807, 2.05) is 0 Å². The lowest BCUT2D eigenvalue weighted by Gasteiger charge is -2.30. The molecule has 1 aliphatic heterocycles. The fraction of sp³-hybridized carbons (Fsp3) is 0.900. The molecular formula is C10H19NO5S. The van der Waals surface area contributed by atoms with E-state index in [0.29, 0.717) is 26.1 Å². The number of likely N-dealkylation sites (N-methyl/N-ethyl adjacent to an activating group) is 1. The quantitative estimate of drug-likeness (QED) is 0.772. The van der Waals surface area contributed by atoms with E-state index in [9.17, 15) is 13.2 Å². The van der Waals surface area contributed by atoms with Crippen LogP contribution in [0.3, 0.4) is 0 Å². The summed E-state index contributed by atoms with van der Waals surface area (Å²) in [5, 5.41) is 8.46. The van der Waals surface area contributed by atoms with Gasteiger partial charge < -0.3 is 9.84 Å². The van der Waals surface area contributed by atoms with E-state index in [2.05, 4.69) is 0 Å². The molecule has 0 spiro atoms. The maximum Gasteiger partial charge on any atom is 0.321 e. The number of nitrogens with zero attached hydrogens (tertiary/aromatic N) is 1. The van der Waals surface area contributed by atoms with Crippen molar-refractivity contribution in [2.24, 2.45) is 0 Å². The molecule has 0 aromatic heterocycles. The molecule has 1 N–H and O–H groups in total. The Morgan fingerprint density at radius 2 is 2.00 bits per heavy atom. The van der Waals surface area contributed by atoms with E-state index in [1.165, 1.54) is 7.05 Å². The summed E-state index contributed by atoms with van der Waals surface area (Å²) in [4.78, 5) is 11.0. The first kappa shape index (κ1) is 14.4. The highest BCUT2D eigenvalue weighted by atomic mass is 32.2. The summed E-state index contributed by atoms with van der Waals surface area (Å²) in [5.41, 5.74) is 0. The van der Waals surface area contributed by atoms with Crippen molar-refractivity contribution in [2.75, 3.05) is 20.3 Å². The lowest BCUT2D eigenvalue weighted by Crippen LogP contribution is -2.47. The van der Waals surface area contributed by atoms with Crippen molar-refractivity contribution in [1.82, 2.24) is 4.31 Å². The van der Waals surface area contributed by atoms with Gasteiger partial charge in [-0.3, -0.25) is 4.79 Å². The zero-order valence-corrected chi connectivity index (χ0v) is 10.9. The van der Waals surface area contributed by atoms with Gasteiger partial charge in [0, 0.05) is 20.3 Å². The first-order valence-corrected chi connectivity index (χ1v) is 7.19. The molecule has 1 atom stereocenters. The highest BCUT2D eigenvalue weighted by Gasteiger charge is 2.36. The Labute approximate surface area is 102 Å². The number of aliphatic carboxylic acids is 1. The van der Waals surface area contributed by atoms with Crippen LogP contribution in [0.2, 0.25) is 0 Å². The van der Waals surface area contributed by atoms with Crippen molar-refractivity contribution in [3.63, 3.8) is 0 Å². The van der Waals surface area contributed by atoms with Gasteiger partial charge in [-0.1, -0.05) is 6.92 Å². The Kier molecular flexibility index (Phi) is 4.91. The molecule has 1 fully saturated rings. The van der Waals surface area contributed by atoms with Crippen molar-refractivity contribution >= 4 is 16.0 Å². The minimum absolute atomic E-state index is 0.258. The van der Waals surface area contributed by atoms with Crippen LogP contribution in [-0.4, -0.2) is 55.4 Å². The van der Waals surface area contributed by atoms with Crippen LogP contribution < -0.4 is 0 Å². The number of rotatable bonds is 5. The van der Waals surface area contributed by atoms with Gasteiger partial charge in [0.25, 0.3) is 0 Å². The van der Waals surface area contributed by atoms with E-state index in [-0.39, 0.29) is 6.42 Å². The summed E-state index contributed by atoms with van der Waals surface area (Å²) in [5.74, 6) is -1.11. The van der Waals surface area contributed by atoms with Crippen molar-refractivity contribution in [3.05, 3.63) is 0 Å². The zero-order valence-electron chi connectivity index (χ0n) is 10.1. The lowest BCUT2D eigenvalue weighted by molar-refractivity contribution is -0.141. The number of sulfonamides is 1. The second kappa shape index (κ2) is 5.79. The summed E-state index contributed by atoms with van der Waals surface area (Å²) in [6.07, 6.45) is 1.12. The van der Waals surface area contributed by atoms with E-state index < -0.39 is 27.3 Å². The normalized spacial score (nSPS) is 20.4. The second-order valence-corrected chi connectivity index (χ2v) is 6.41. The van der Waals surface area contributed by atoms with E-state index >= 15 is 0 Å².